The van der Waals surface area contributed by atoms with E-state index >= 15 is 0 Å². The summed E-state index contributed by atoms with van der Waals surface area (Å²) in [6, 6.07) is 0. The molecule has 48 valence electrons. The van der Waals surface area contributed by atoms with Gasteiger partial charge in [-0.1, -0.05) is 12.7 Å². The predicted octanol–water partition coefficient (Wildman–Crippen LogP) is 2.68. The molecule has 0 aromatic rings. The number of allylic oxidation sites excluding steroid dienone is 2. The Kier molecular flexibility index (Phi) is 1.92. The van der Waals surface area contributed by atoms with E-state index < -0.39 is 0 Å². The molecule has 0 atom stereocenters. The number of rotatable bonds is 2. The summed E-state index contributed by atoms with van der Waals surface area (Å²) in [5, 5.41) is 0. The summed E-state index contributed by atoms with van der Waals surface area (Å²) in [5.74, 6) is 0.833. The van der Waals surface area contributed by atoms with Crippen molar-refractivity contribution in [2.45, 2.75) is 19.8 Å². The van der Waals surface area contributed by atoms with Crippen molar-refractivity contribution in [3.63, 3.8) is 0 Å². The molecular formula is C9H12. The third-order valence-electron chi connectivity index (χ3n) is 1.47. The van der Waals surface area contributed by atoms with Gasteiger partial charge in [-0.15, -0.1) is 5.73 Å². The number of hydrogen-bond acceptors (Lipinski definition) is 0. The predicted molar refractivity (Wildman–Crippen MR) is 40.2 cm³/mol. The lowest BCUT2D eigenvalue weighted by molar-refractivity contribution is 1.12. The molecule has 0 N–H and O–H groups in total. The van der Waals surface area contributed by atoms with Crippen LogP contribution in [0.5, 0.6) is 0 Å². The van der Waals surface area contributed by atoms with E-state index in [2.05, 4.69) is 18.4 Å². The second kappa shape index (κ2) is 2.70. The van der Waals surface area contributed by atoms with E-state index in [1.54, 1.807) is 0 Å². The highest BCUT2D eigenvalue weighted by Crippen LogP contribution is 2.29. The molecule has 0 spiro atoms. The molecule has 0 saturated heterocycles. The lowest BCUT2D eigenvalue weighted by atomic mass is 10.3. The summed E-state index contributed by atoms with van der Waals surface area (Å²) in [4.78, 5) is 0. The van der Waals surface area contributed by atoms with Crippen LogP contribution in [0.4, 0.5) is 0 Å². The van der Waals surface area contributed by atoms with Crippen LogP contribution in [0.1, 0.15) is 19.8 Å². The van der Waals surface area contributed by atoms with Crippen molar-refractivity contribution in [2.75, 3.05) is 0 Å². The third kappa shape index (κ3) is 2.34. The normalized spacial score (nSPS) is 16.1. The van der Waals surface area contributed by atoms with Gasteiger partial charge in [-0.3, -0.25) is 0 Å². The molecule has 0 heterocycles. The van der Waals surface area contributed by atoms with Gasteiger partial charge < -0.3 is 0 Å². The molecule has 1 fully saturated rings. The SMILES string of the molecule is C=CC(C)=C=CC1CC1. The van der Waals surface area contributed by atoms with Crippen molar-refractivity contribution < 1.29 is 0 Å². The van der Waals surface area contributed by atoms with Crippen LogP contribution in [0, 0.1) is 5.92 Å². The smallest absolute Gasteiger partial charge is 0.0101 e. The molecule has 1 aliphatic rings. The van der Waals surface area contributed by atoms with Crippen molar-refractivity contribution in [1.29, 1.82) is 0 Å². The second-order valence-electron chi connectivity index (χ2n) is 2.54. The Labute approximate surface area is 56.6 Å². The van der Waals surface area contributed by atoms with Gasteiger partial charge in [-0.2, -0.15) is 0 Å². The summed E-state index contributed by atoms with van der Waals surface area (Å²) in [6.07, 6.45) is 6.70. The lowest BCUT2D eigenvalue weighted by Crippen LogP contribution is -1.61. The Bertz CT molecular complexity index is 164. The maximum atomic E-state index is 3.64. The standard InChI is InChI=1S/C9H12/c1-3-8(2)4-5-9-6-7-9/h3,5,9H,1,6-7H2,2H3. The summed E-state index contributed by atoms with van der Waals surface area (Å²) < 4.78 is 0. The maximum absolute atomic E-state index is 3.64. The van der Waals surface area contributed by atoms with Crippen molar-refractivity contribution in [3.8, 4) is 0 Å². The van der Waals surface area contributed by atoms with Crippen LogP contribution in [0.2, 0.25) is 0 Å². The average Bonchev–Trinajstić information content (AvgIpc) is 2.65. The van der Waals surface area contributed by atoms with Crippen molar-refractivity contribution in [2.24, 2.45) is 5.92 Å². The molecule has 0 aromatic heterocycles. The largest absolute Gasteiger partial charge is 0.122 e. The fourth-order valence-corrected chi connectivity index (χ4v) is 0.571. The van der Waals surface area contributed by atoms with Gasteiger partial charge in [0.1, 0.15) is 0 Å². The van der Waals surface area contributed by atoms with Crippen LogP contribution >= 0.6 is 0 Å². The van der Waals surface area contributed by atoms with E-state index in [9.17, 15) is 0 Å². The first-order valence-electron chi connectivity index (χ1n) is 3.39. The Morgan fingerprint density at radius 3 is 2.78 bits per heavy atom. The molecule has 0 unspecified atom stereocenters. The monoisotopic (exact) mass is 120 g/mol. The lowest BCUT2D eigenvalue weighted by Gasteiger charge is -1.78. The summed E-state index contributed by atoms with van der Waals surface area (Å²) in [6.45, 7) is 5.66. The Balaban J connectivity index is 2.50. The van der Waals surface area contributed by atoms with E-state index in [1.807, 2.05) is 13.0 Å². The third-order valence-corrected chi connectivity index (χ3v) is 1.47. The molecular weight excluding hydrogens is 108 g/mol. The van der Waals surface area contributed by atoms with Crippen LogP contribution in [0.25, 0.3) is 0 Å². The van der Waals surface area contributed by atoms with Crippen LogP contribution in [-0.2, 0) is 0 Å². The summed E-state index contributed by atoms with van der Waals surface area (Å²) >= 11 is 0. The topological polar surface area (TPSA) is 0 Å². The molecule has 0 heteroatoms. The molecule has 0 amide bonds. The minimum absolute atomic E-state index is 0.833. The van der Waals surface area contributed by atoms with Crippen LogP contribution in [-0.4, -0.2) is 0 Å². The zero-order valence-corrected chi connectivity index (χ0v) is 5.85. The van der Waals surface area contributed by atoms with Crippen molar-refractivity contribution in [1.82, 2.24) is 0 Å². The molecule has 1 aliphatic carbocycles. The van der Waals surface area contributed by atoms with Gasteiger partial charge in [0.15, 0.2) is 0 Å². The summed E-state index contributed by atoms with van der Waals surface area (Å²) in [5.41, 5.74) is 4.31. The van der Waals surface area contributed by atoms with Gasteiger partial charge >= 0.3 is 0 Å². The Morgan fingerprint density at radius 1 is 1.67 bits per heavy atom. The molecule has 0 nitrogen and oxygen atoms in total. The molecule has 0 aliphatic heterocycles. The minimum atomic E-state index is 0.833. The average molecular weight is 120 g/mol. The highest BCUT2D eigenvalue weighted by Gasteiger charge is 2.16. The highest BCUT2D eigenvalue weighted by atomic mass is 14.2. The van der Waals surface area contributed by atoms with Crippen LogP contribution in [0.3, 0.4) is 0 Å². The van der Waals surface area contributed by atoms with E-state index in [1.165, 1.54) is 12.8 Å². The Hall–Kier alpha value is -0.740. The minimum Gasteiger partial charge on any atom is -0.122 e. The van der Waals surface area contributed by atoms with E-state index in [0.29, 0.717) is 0 Å². The number of hydrogen-bond donors (Lipinski definition) is 0. The fraction of sp³-hybridized carbons (Fsp3) is 0.444. The van der Waals surface area contributed by atoms with Crippen molar-refractivity contribution >= 4 is 0 Å². The van der Waals surface area contributed by atoms with E-state index in [-0.39, 0.29) is 0 Å². The first-order chi connectivity index (χ1) is 4.33. The van der Waals surface area contributed by atoms with Gasteiger partial charge in [0.05, 0.1) is 0 Å². The molecule has 9 heavy (non-hydrogen) atoms. The first-order valence-corrected chi connectivity index (χ1v) is 3.39. The molecule has 0 bridgehead atoms. The van der Waals surface area contributed by atoms with E-state index in [0.717, 1.165) is 11.5 Å². The zero-order chi connectivity index (χ0) is 6.69. The van der Waals surface area contributed by atoms with Crippen LogP contribution in [0.15, 0.2) is 30.0 Å². The molecule has 1 saturated carbocycles. The van der Waals surface area contributed by atoms with Gasteiger partial charge in [0, 0.05) is 0 Å². The summed E-state index contributed by atoms with van der Waals surface area (Å²) in [7, 11) is 0. The maximum Gasteiger partial charge on any atom is -0.0101 e. The van der Waals surface area contributed by atoms with Crippen molar-refractivity contribution in [3.05, 3.63) is 30.0 Å². The Morgan fingerprint density at radius 2 is 2.33 bits per heavy atom. The van der Waals surface area contributed by atoms with Gasteiger partial charge in [0.2, 0.25) is 0 Å². The highest BCUT2D eigenvalue weighted by molar-refractivity contribution is 5.13. The zero-order valence-electron chi connectivity index (χ0n) is 5.85. The second-order valence-corrected chi connectivity index (χ2v) is 2.54. The van der Waals surface area contributed by atoms with Gasteiger partial charge in [-0.05, 0) is 37.3 Å². The molecule has 0 radical (unpaired) electrons. The first kappa shape index (κ1) is 6.38. The van der Waals surface area contributed by atoms with E-state index in [4.69, 9.17) is 0 Å². The van der Waals surface area contributed by atoms with Crippen LogP contribution < -0.4 is 0 Å². The van der Waals surface area contributed by atoms with Gasteiger partial charge in [0.25, 0.3) is 0 Å². The fourth-order valence-electron chi connectivity index (χ4n) is 0.571. The van der Waals surface area contributed by atoms with Gasteiger partial charge in [-0.25, -0.2) is 0 Å². The molecule has 1 rings (SSSR count). The molecule has 0 aromatic carbocycles. The quantitative estimate of drug-likeness (QED) is 0.388.